The summed E-state index contributed by atoms with van der Waals surface area (Å²) < 4.78 is 5.48. The Morgan fingerprint density at radius 1 is 0.917 bits per heavy atom. The number of amides is 2. The summed E-state index contributed by atoms with van der Waals surface area (Å²) in [5, 5.41) is 0. The molecule has 2 saturated carbocycles. The second kappa shape index (κ2) is 7.18. The molecule has 0 aromatic rings. The van der Waals surface area contributed by atoms with Crippen LogP contribution in [-0.2, 0) is 14.3 Å². The lowest BCUT2D eigenvalue weighted by Gasteiger charge is -2.39. The SMILES string of the molecule is Cl.NC1C2CCC(C2)C1C(=O)N1CCN(C(=O)C2CCCO2)CC1. The van der Waals surface area contributed by atoms with Crippen LogP contribution in [0.3, 0.4) is 0 Å². The molecule has 2 bridgehead atoms. The zero-order chi connectivity index (χ0) is 16.0. The number of hydrogen-bond acceptors (Lipinski definition) is 4. The Balaban J connectivity index is 0.00000169. The van der Waals surface area contributed by atoms with Gasteiger partial charge in [0.05, 0.1) is 5.92 Å². The van der Waals surface area contributed by atoms with E-state index in [1.54, 1.807) is 0 Å². The van der Waals surface area contributed by atoms with Gasteiger partial charge in [-0.1, -0.05) is 0 Å². The Labute approximate surface area is 149 Å². The van der Waals surface area contributed by atoms with E-state index in [9.17, 15) is 9.59 Å². The van der Waals surface area contributed by atoms with Gasteiger partial charge in [-0.15, -0.1) is 12.4 Å². The minimum atomic E-state index is -0.253. The molecule has 2 N–H and O–H groups in total. The van der Waals surface area contributed by atoms with Crippen molar-refractivity contribution in [2.45, 2.75) is 44.2 Å². The molecule has 4 fully saturated rings. The van der Waals surface area contributed by atoms with Crippen LogP contribution in [0.1, 0.15) is 32.1 Å². The molecular weight excluding hydrogens is 330 g/mol. The number of piperazine rings is 1. The smallest absolute Gasteiger partial charge is 0.251 e. The number of rotatable bonds is 2. The van der Waals surface area contributed by atoms with Gasteiger partial charge < -0.3 is 20.3 Å². The van der Waals surface area contributed by atoms with Gasteiger partial charge in [0.1, 0.15) is 6.10 Å². The topological polar surface area (TPSA) is 75.9 Å². The summed E-state index contributed by atoms with van der Waals surface area (Å²) in [6, 6.07) is 0.0489. The molecular formula is C17H28ClN3O3. The molecule has 2 aliphatic heterocycles. The van der Waals surface area contributed by atoms with Crippen molar-refractivity contribution >= 4 is 24.2 Å². The van der Waals surface area contributed by atoms with Crippen molar-refractivity contribution in [1.82, 2.24) is 9.80 Å². The van der Waals surface area contributed by atoms with Gasteiger partial charge in [-0.2, -0.15) is 0 Å². The Morgan fingerprint density at radius 3 is 2.08 bits per heavy atom. The first-order valence-corrected chi connectivity index (χ1v) is 9.10. The lowest BCUT2D eigenvalue weighted by molar-refractivity contribution is -0.148. The van der Waals surface area contributed by atoms with Gasteiger partial charge in [-0.05, 0) is 43.9 Å². The Morgan fingerprint density at radius 2 is 1.54 bits per heavy atom. The van der Waals surface area contributed by atoms with Gasteiger partial charge >= 0.3 is 0 Å². The standard InChI is InChI=1S/C17H27N3O3.ClH/c18-15-12-4-3-11(10-12)14(15)17(22)20-7-5-19(6-8-20)16(21)13-2-1-9-23-13;/h11-15H,1-10,18H2;1H. The molecule has 0 aromatic heterocycles. The lowest BCUT2D eigenvalue weighted by Crippen LogP contribution is -2.56. The minimum absolute atomic E-state index is 0. The third-order valence-corrected chi connectivity index (χ3v) is 6.37. The highest BCUT2D eigenvalue weighted by molar-refractivity contribution is 5.85. The Kier molecular flexibility index (Phi) is 5.37. The minimum Gasteiger partial charge on any atom is -0.368 e. The number of nitrogens with two attached hydrogens (primary N) is 1. The van der Waals surface area contributed by atoms with E-state index >= 15 is 0 Å². The van der Waals surface area contributed by atoms with E-state index in [4.69, 9.17) is 10.5 Å². The van der Waals surface area contributed by atoms with E-state index in [-0.39, 0.29) is 42.3 Å². The summed E-state index contributed by atoms with van der Waals surface area (Å²) in [5.74, 6) is 1.40. The molecule has 0 radical (unpaired) electrons. The first-order chi connectivity index (χ1) is 11.1. The summed E-state index contributed by atoms with van der Waals surface area (Å²) in [4.78, 5) is 29.0. The van der Waals surface area contributed by atoms with Gasteiger partial charge in [0, 0.05) is 38.8 Å². The van der Waals surface area contributed by atoms with E-state index in [2.05, 4.69) is 0 Å². The maximum absolute atomic E-state index is 12.9. The molecule has 4 rings (SSSR count). The number of halogens is 1. The molecule has 136 valence electrons. The first-order valence-electron chi connectivity index (χ1n) is 9.10. The number of nitrogens with zero attached hydrogens (tertiary/aromatic N) is 2. The predicted octanol–water partition coefficient (Wildman–Crippen LogP) is 0.631. The fourth-order valence-corrected chi connectivity index (χ4v) is 5.04. The van der Waals surface area contributed by atoms with Crippen molar-refractivity contribution in [2.24, 2.45) is 23.5 Å². The van der Waals surface area contributed by atoms with Crippen LogP contribution < -0.4 is 5.73 Å². The molecule has 2 heterocycles. The molecule has 0 spiro atoms. The van der Waals surface area contributed by atoms with E-state index < -0.39 is 0 Å². The quantitative estimate of drug-likeness (QED) is 0.786. The molecule has 4 aliphatic rings. The van der Waals surface area contributed by atoms with E-state index in [0.29, 0.717) is 44.6 Å². The van der Waals surface area contributed by atoms with Crippen molar-refractivity contribution in [2.75, 3.05) is 32.8 Å². The molecule has 2 aliphatic carbocycles. The second-order valence-electron chi connectivity index (χ2n) is 7.59. The van der Waals surface area contributed by atoms with Crippen molar-refractivity contribution < 1.29 is 14.3 Å². The van der Waals surface area contributed by atoms with E-state index in [1.807, 2.05) is 9.80 Å². The fourth-order valence-electron chi connectivity index (χ4n) is 5.04. The Bertz CT molecular complexity index is 487. The lowest BCUT2D eigenvalue weighted by atomic mass is 9.84. The number of carbonyl (C=O) groups is 2. The molecule has 6 nitrogen and oxygen atoms in total. The van der Waals surface area contributed by atoms with Gasteiger partial charge in [0.25, 0.3) is 5.91 Å². The van der Waals surface area contributed by atoms with Crippen LogP contribution in [0.2, 0.25) is 0 Å². The van der Waals surface area contributed by atoms with Gasteiger partial charge in [-0.25, -0.2) is 0 Å². The third kappa shape index (κ3) is 3.04. The Hall–Kier alpha value is -0.850. The van der Waals surface area contributed by atoms with Crippen LogP contribution in [-0.4, -0.2) is 66.5 Å². The molecule has 2 amide bonds. The normalized spacial score (nSPS) is 38.3. The largest absolute Gasteiger partial charge is 0.368 e. The summed E-state index contributed by atoms with van der Waals surface area (Å²) >= 11 is 0. The van der Waals surface area contributed by atoms with E-state index in [1.165, 1.54) is 6.42 Å². The summed E-state index contributed by atoms with van der Waals surface area (Å²) in [6.07, 6.45) is 5.03. The molecule has 2 saturated heterocycles. The van der Waals surface area contributed by atoms with Gasteiger partial charge in [0.15, 0.2) is 0 Å². The van der Waals surface area contributed by atoms with Gasteiger partial charge in [-0.3, -0.25) is 9.59 Å². The monoisotopic (exact) mass is 357 g/mol. The zero-order valence-corrected chi connectivity index (χ0v) is 14.9. The maximum Gasteiger partial charge on any atom is 0.251 e. The molecule has 7 heteroatoms. The van der Waals surface area contributed by atoms with Crippen LogP contribution in [0, 0.1) is 17.8 Å². The van der Waals surface area contributed by atoms with Crippen molar-refractivity contribution in [3.8, 4) is 0 Å². The second-order valence-corrected chi connectivity index (χ2v) is 7.59. The van der Waals surface area contributed by atoms with Crippen LogP contribution in [0.5, 0.6) is 0 Å². The maximum atomic E-state index is 12.9. The molecule has 0 aromatic carbocycles. The van der Waals surface area contributed by atoms with Crippen LogP contribution in [0.15, 0.2) is 0 Å². The highest BCUT2D eigenvalue weighted by Gasteiger charge is 2.50. The molecule has 24 heavy (non-hydrogen) atoms. The van der Waals surface area contributed by atoms with Crippen molar-refractivity contribution in [3.05, 3.63) is 0 Å². The van der Waals surface area contributed by atoms with Crippen LogP contribution in [0.4, 0.5) is 0 Å². The van der Waals surface area contributed by atoms with Gasteiger partial charge in [0.2, 0.25) is 5.91 Å². The highest BCUT2D eigenvalue weighted by Crippen LogP contribution is 2.48. The molecule has 5 unspecified atom stereocenters. The molecule has 5 atom stereocenters. The average molecular weight is 358 g/mol. The number of hydrogen-bond donors (Lipinski definition) is 1. The van der Waals surface area contributed by atoms with Crippen molar-refractivity contribution in [1.29, 1.82) is 0 Å². The zero-order valence-electron chi connectivity index (χ0n) is 14.1. The number of carbonyl (C=O) groups excluding carboxylic acids is 2. The third-order valence-electron chi connectivity index (χ3n) is 6.37. The summed E-state index contributed by atoms with van der Waals surface area (Å²) in [6.45, 7) is 3.22. The fraction of sp³-hybridized carbons (Fsp3) is 0.882. The summed E-state index contributed by atoms with van der Waals surface area (Å²) in [7, 11) is 0. The number of fused-ring (bicyclic) bond motifs is 2. The van der Waals surface area contributed by atoms with Crippen LogP contribution >= 0.6 is 12.4 Å². The van der Waals surface area contributed by atoms with Crippen molar-refractivity contribution in [3.63, 3.8) is 0 Å². The van der Waals surface area contributed by atoms with E-state index in [0.717, 1.165) is 25.7 Å². The summed E-state index contributed by atoms with van der Waals surface area (Å²) in [5.41, 5.74) is 6.30. The van der Waals surface area contributed by atoms with Crippen LogP contribution in [0.25, 0.3) is 0 Å². The first kappa shape index (κ1) is 18.0. The average Bonchev–Trinajstić information content (AvgIpc) is 3.31. The highest BCUT2D eigenvalue weighted by atomic mass is 35.5. The number of ether oxygens (including phenoxy) is 1. The predicted molar refractivity (Wildman–Crippen MR) is 91.7 cm³/mol.